The number of hydrogen-bond donors (Lipinski definition) is 1. The van der Waals surface area contributed by atoms with E-state index < -0.39 is 47.1 Å². The molecule has 0 saturated carbocycles. The number of likely N-dealkylation sites (tertiary alicyclic amines) is 1. The van der Waals surface area contributed by atoms with Gasteiger partial charge in [0.25, 0.3) is 0 Å². The molecule has 1 aromatic heterocycles. The van der Waals surface area contributed by atoms with Crippen molar-refractivity contribution in [3.8, 4) is 11.4 Å². The smallest absolute Gasteiger partial charge is 0.249 e. The van der Waals surface area contributed by atoms with Gasteiger partial charge < -0.3 is 19.6 Å². The lowest BCUT2D eigenvalue weighted by Crippen LogP contribution is -2.50. The van der Waals surface area contributed by atoms with Crippen LogP contribution in [0, 0.1) is 23.4 Å². The fraction of sp³-hybridized carbons (Fsp3) is 0.516. The molecule has 1 amide bonds. The molecule has 3 aromatic rings. The Hall–Kier alpha value is -3.35. The number of ether oxygens (including phenoxy) is 1. The summed E-state index contributed by atoms with van der Waals surface area (Å²) in [7, 11) is 0. The minimum Gasteiger partial charge on any atom is -0.388 e. The standard InChI is InChI=1S/C31H39F4N5O3/c1-5-12-43-19-27(41)39(17-21-16-38(6-2)18-26(21)35)28(31(3,4)42)30-36-29(24-14-23(33)10-11-25(24)34)37-40(30)15-20-8-7-9-22(32)13-20/h7-11,13-14,21,26,28,42H,5-6,12,15-19H2,1-4H3/t21-,26?,28?/m0/s1. The number of carbonyl (C=O) groups excluding carboxylic acids is 1. The lowest BCUT2D eigenvalue weighted by Gasteiger charge is -2.40. The third-order valence-corrected chi connectivity index (χ3v) is 7.53. The number of amides is 1. The van der Waals surface area contributed by atoms with E-state index in [1.165, 1.54) is 41.6 Å². The SMILES string of the molecule is CCCOCC(=O)N(C[C@@H]1CN(CC)CC1F)C(c1nc(-c2cc(F)ccc2F)nn1Cc1cccc(F)c1)C(C)(C)O. The lowest BCUT2D eigenvalue weighted by atomic mass is 9.94. The molecule has 0 aliphatic carbocycles. The number of alkyl halides is 1. The Morgan fingerprint density at radius 3 is 2.53 bits per heavy atom. The molecule has 1 saturated heterocycles. The highest BCUT2D eigenvalue weighted by Crippen LogP contribution is 2.35. The van der Waals surface area contributed by atoms with Crippen LogP contribution in [0.5, 0.6) is 0 Å². The summed E-state index contributed by atoms with van der Waals surface area (Å²) in [5, 5.41) is 16.0. The summed E-state index contributed by atoms with van der Waals surface area (Å²) in [6.07, 6.45) is -0.538. The summed E-state index contributed by atoms with van der Waals surface area (Å²) < 4.78 is 65.2. The fourth-order valence-electron chi connectivity index (χ4n) is 5.44. The van der Waals surface area contributed by atoms with Crippen molar-refractivity contribution in [2.24, 2.45) is 5.92 Å². The predicted octanol–water partition coefficient (Wildman–Crippen LogP) is 4.77. The molecule has 12 heteroatoms. The molecule has 1 fully saturated rings. The molecule has 8 nitrogen and oxygen atoms in total. The summed E-state index contributed by atoms with van der Waals surface area (Å²) in [6.45, 7) is 7.95. The molecule has 0 spiro atoms. The van der Waals surface area contributed by atoms with Gasteiger partial charge in [0.1, 0.15) is 36.3 Å². The molecular weight excluding hydrogens is 566 g/mol. The molecule has 4 rings (SSSR count). The van der Waals surface area contributed by atoms with Gasteiger partial charge in [0, 0.05) is 32.2 Å². The molecule has 43 heavy (non-hydrogen) atoms. The molecule has 0 bridgehead atoms. The predicted molar refractivity (Wildman–Crippen MR) is 153 cm³/mol. The fourth-order valence-corrected chi connectivity index (χ4v) is 5.44. The van der Waals surface area contributed by atoms with Crippen molar-refractivity contribution < 1.29 is 32.2 Å². The number of rotatable bonds is 13. The molecule has 234 valence electrons. The normalized spacial score (nSPS) is 18.3. The summed E-state index contributed by atoms with van der Waals surface area (Å²) in [6, 6.07) is 7.41. The Kier molecular flexibility index (Phi) is 10.6. The monoisotopic (exact) mass is 605 g/mol. The minimum atomic E-state index is -1.67. The first-order chi connectivity index (χ1) is 20.4. The largest absolute Gasteiger partial charge is 0.388 e. The quantitative estimate of drug-likeness (QED) is 0.223. The molecule has 3 atom stereocenters. The maximum atomic E-state index is 15.2. The van der Waals surface area contributed by atoms with E-state index in [2.05, 4.69) is 10.1 Å². The number of aromatic nitrogens is 3. The maximum Gasteiger partial charge on any atom is 0.249 e. The van der Waals surface area contributed by atoms with Crippen LogP contribution < -0.4 is 0 Å². The average Bonchev–Trinajstić information content (AvgIpc) is 3.51. The number of nitrogens with zero attached hydrogens (tertiary/aromatic N) is 5. The van der Waals surface area contributed by atoms with E-state index in [-0.39, 0.29) is 43.5 Å². The van der Waals surface area contributed by atoms with Crippen LogP contribution in [-0.2, 0) is 16.1 Å². The molecule has 1 aliphatic rings. The summed E-state index contributed by atoms with van der Waals surface area (Å²) >= 11 is 0. The van der Waals surface area contributed by atoms with Crippen LogP contribution in [0.4, 0.5) is 17.6 Å². The molecule has 2 unspecified atom stereocenters. The topological polar surface area (TPSA) is 83.7 Å². The molecule has 1 aliphatic heterocycles. The molecule has 1 N–H and O–H groups in total. The van der Waals surface area contributed by atoms with Crippen molar-refractivity contribution in [1.82, 2.24) is 24.6 Å². The second-order valence-electron chi connectivity index (χ2n) is 11.5. The first-order valence-corrected chi connectivity index (χ1v) is 14.5. The van der Waals surface area contributed by atoms with Crippen LogP contribution in [0.15, 0.2) is 42.5 Å². The Morgan fingerprint density at radius 2 is 1.88 bits per heavy atom. The number of aliphatic hydroxyl groups is 1. The number of hydrogen-bond acceptors (Lipinski definition) is 6. The van der Waals surface area contributed by atoms with Crippen LogP contribution in [-0.4, -0.2) is 86.7 Å². The minimum absolute atomic E-state index is 0.0417. The van der Waals surface area contributed by atoms with Crippen molar-refractivity contribution in [2.75, 3.05) is 39.4 Å². The second kappa shape index (κ2) is 14.0. The van der Waals surface area contributed by atoms with E-state index in [0.29, 0.717) is 31.7 Å². The highest BCUT2D eigenvalue weighted by Gasteiger charge is 2.44. The Bertz CT molecular complexity index is 1400. The van der Waals surface area contributed by atoms with Crippen molar-refractivity contribution in [1.29, 1.82) is 0 Å². The third kappa shape index (κ3) is 7.98. The van der Waals surface area contributed by atoms with Gasteiger partial charge in [-0.05, 0) is 62.7 Å². The van der Waals surface area contributed by atoms with Gasteiger partial charge in [-0.1, -0.05) is 26.0 Å². The van der Waals surface area contributed by atoms with E-state index >= 15 is 4.39 Å². The van der Waals surface area contributed by atoms with Crippen molar-refractivity contribution in [3.05, 3.63) is 71.3 Å². The van der Waals surface area contributed by atoms with E-state index in [0.717, 1.165) is 18.2 Å². The van der Waals surface area contributed by atoms with Crippen LogP contribution in [0.2, 0.25) is 0 Å². The zero-order valence-corrected chi connectivity index (χ0v) is 24.9. The average molecular weight is 606 g/mol. The second-order valence-corrected chi connectivity index (χ2v) is 11.5. The van der Waals surface area contributed by atoms with Gasteiger partial charge in [0.2, 0.25) is 5.91 Å². The first-order valence-electron chi connectivity index (χ1n) is 14.5. The van der Waals surface area contributed by atoms with Crippen molar-refractivity contribution >= 4 is 5.91 Å². The Labute approximate surface area is 249 Å². The van der Waals surface area contributed by atoms with Gasteiger partial charge in [-0.15, -0.1) is 0 Å². The van der Waals surface area contributed by atoms with Crippen molar-refractivity contribution in [2.45, 2.75) is 58.5 Å². The summed E-state index contributed by atoms with van der Waals surface area (Å²) in [5.41, 5.74) is -1.41. The van der Waals surface area contributed by atoms with E-state index in [1.807, 2.05) is 18.7 Å². The van der Waals surface area contributed by atoms with Gasteiger partial charge in [0.15, 0.2) is 11.6 Å². The van der Waals surface area contributed by atoms with E-state index in [4.69, 9.17) is 4.74 Å². The maximum absolute atomic E-state index is 15.2. The van der Waals surface area contributed by atoms with E-state index in [9.17, 15) is 23.1 Å². The third-order valence-electron chi connectivity index (χ3n) is 7.53. The zero-order valence-electron chi connectivity index (χ0n) is 24.9. The van der Waals surface area contributed by atoms with Crippen molar-refractivity contribution in [3.63, 3.8) is 0 Å². The van der Waals surface area contributed by atoms with Crippen LogP contribution in [0.25, 0.3) is 11.4 Å². The van der Waals surface area contributed by atoms with Crippen LogP contribution in [0.3, 0.4) is 0 Å². The van der Waals surface area contributed by atoms with Gasteiger partial charge in [0.05, 0.1) is 17.7 Å². The van der Waals surface area contributed by atoms with E-state index in [1.54, 1.807) is 6.07 Å². The zero-order chi connectivity index (χ0) is 31.3. The number of benzene rings is 2. The molecule has 2 aromatic carbocycles. The van der Waals surface area contributed by atoms with Gasteiger partial charge in [-0.25, -0.2) is 27.2 Å². The highest BCUT2D eigenvalue weighted by atomic mass is 19.1. The number of carbonyl (C=O) groups is 1. The van der Waals surface area contributed by atoms with Gasteiger partial charge in [-0.2, -0.15) is 5.10 Å². The van der Waals surface area contributed by atoms with Gasteiger partial charge in [-0.3, -0.25) is 4.79 Å². The van der Waals surface area contributed by atoms with Crippen LogP contribution in [0.1, 0.15) is 51.5 Å². The first kappa shape index (κ1) is 32.6. The Morgan fingerprint density at radius 1 is 1.14 bits per heavy atom. The summed E-state index contributed by atoms with van der Waals surface area (Å²) in [5.74, 6) is -3.17. The highest BCUT2D eigenvalue weighted by molar-refractivity contribution is 5.78. The Balaban J connectivity index is 1.85. The molecule has 2 heterocycles. The summed E-state index contributed by atoms with van der Waals surface area (Å²) in [4.78, 5) is 21.6. The van der Waals surface area contributed by atoms with Crippen LogP contribution >= 0.6 is 0 Å². The molecular formula is C31H39F4N5O3. The van der Waals surface area contributed by atoms with Gasteiger partial charge >= 0.3 is 0 Å². The number of halogens is 4. The lowest BCUT2D eigenvalue weighted by molar-refractivity contribution is -0.146. The molecule has 0 radical (unpaired) electrons.